The number of nitrogens with zero attached hydrogens (tertiary/aromatic N) is 5. The van der Waals surface area contributed by atoms with Gasteiger partial charge in [-0.2, -0.15) is 13.2 Å². The lowest BCUT2D eigenvalue weighted by Gasteiger charge is -2.14. The van der Waals surface area contributed by atoms with E-state index in [-0.39, 0.29) is 37.7 Å². The van der Waals surface area contributed by atoms with Gasteiger partial charge in [-0.05, 0) is 30.9 Å². The summed E-state index contributed by atoms with van der Waals surface area (Å²) in [6.45, 7) is 3.09. The molecule has 0 fully saturated rings. The van der Waals surface area contributed by atoms with Gasteiger partial charge in [0.1, 0.15) is 22.1 Å². The summed E-state index contributed by atoms with van der Waals surface area (Å²) >= 11 is 0.961. The Bertz CT molecular complexity index is 1250. The lowest BCUT2D eigenvalue weighted by Crippen LogP contribution is -2.19. The van der Waals surface area contributed by atoms with E-state index in [2.05, 4.69) is 15.0 Å². The molecule has 0 bridgehead atoms. The fraction of sp³-hybridized carbons (Fsp3) is 0.278. The average molecular weight is 445 g/mol. The second-order valence-corrected chi connectivity index (χ2v) is 7.56. The van der Waals surface area contributed by atoms with Crippen molar-refractivity contribution in [3.63, 3.8) is 0 Å². The van der Waals surface area contributed by atoms with Crippen LogP contribution in [0.4, 0.5) is 26.3 Å². The molecule has 4 aromatic rings. The lowest BCUT2D eigenvalue weighted by atomic mass is 10.3. The highest BCUT2D eigenvalue weighted by molar-refractivity contribution is 7.99. The van der Waals surface area contributed by atoms with Crippen LogP contribution >= 0.6 is 11.8 Å². The van der Waals surface area contributed by atoms with Gasteiger partial charge < -0.3 is 0 Å². The molecule has 4 heterocycles. The highest BCUT2D eigenvalue weighted by Crippen LogP contribution is 2.41. The molecule has 0 unspecified atom stereocenters. The highest BCUT2D eigenvalue weighted by Gasteiger charge is 2.40. The molecule has 0 N–H and O–H groups in total. The molecule has 0 amide bonds. The van der Waals surface area contributed by atoms with Crippen LogP contribution in [-0.4, -0.2) is 29.7 Å². The van der Waals surface area contributed by atoms with E-state index in [0.29, 0.717) is 5.75 Å². The number of thioether (sulfide) groups is 1. The van der Waals surface area contributed by atoms with E-state index >= 15 is 0 Å². The van der Waals surface area contributed by atoms with E-state index in [1.54, 1.807) is 6.92 Å². The molecule has 0 aliphatic carbocycles. The Balaban J connectivity index is 2.14. The largest absolute Gasteiger partial charge is 0.490 e. The predicted molar refractivity (Wildman–Crippen MR) is 99.1 cm³/mol. The van der Waals surface area contributed by atoms with Crippen molar-refractivity contribution in [1.82, 2.24) is 23.9 Å². The second kappa shape index (κ2) is 6.89. The van der Waals surface area contributed by atoms with E-state index in [0.717, 1.165) is 28.3 Å². The van der Waals surface area contributed by atoms with Crippen molar-refractivity contribution in [2.75, 3.05) is 5.75 Å². The number of imidazole rings is 2. The van der Waals surface area contributed by atoms with E-state index in [1.807, 2.05) is 0 Å². The number of hydrogen-bond donors (Lipinski definition) is 0. The Hall–Kier alpha value is -2.76. The minimum atomic E-state index is -4.88. The molecular formula is C18H13F6N5S. The first kappa shape index (κ1) is 20.5. The van der Waals surface area contributed by atoms with Crippen molar-refractivity contribution >= 4 is 28.4 Å². The Morgan fingerprint density at radius 3 is 2.40 bits per heavy atom. The van der Waals surface area contributed by atoms with Crippen LogP contribution in [0, 0.1) is 6.92 Å². The zero-order chi connectivity index (χ0) is 21.8. The first-order chi connectivity index (χ1) is 14.0. The molecule has 0 atom stereocenters. The van der Waals surface area contributed by atoms with Crippen LogP contribution in [0.15, 0.2) is 35.5 Å². The third-order valence-electron chi connectivity index (χ3n) is 4.39. The van der Waals surface area contributed by atoms with Crippen LogP contribution in [0.1, 0.15) is 18.3 Å². The van der Waals surface area contributed by atoms with Crippen LogP contribution in [0.3, 0.4) is 0 Å². The van der Waals surface area contributed by atoms with Crippen LogP contribution in [0.2, 0.25) is 0 Å². The molecule has 5 nitrogen and oxygen atoms in total. The first-order valence-corrected chi connectivity index (χ1v) is 9.65. The van der Waals surface area contributed by atoms with Gasteiger partial charge in [-0.1, -0.05) is 13.0 Å². The van der Waals surface area contributed by atoms with Crippen molar-refractivity contribution in [3.8, 4) is 11.5 Å². The Morgan fingerprint density at radius 1 is 1.03 bits per heavy atom. The van der Waals surface area contributed by atoms with Gasteiger partial charge in [0.05, 0.1) is 16.7 Å². The van der Waals surface area contributed by atoms with Gasteiger partial charge in [0.2, 0.25) is 0 Å². The number of rotatable bonds is 3. The number of halogens is 6. The Kier molecular flexibility index (Phi) is 4.71. The topological polar surface area (TPSA) is 48.0 Å². The normalized spacial score (nSPS) is 12.9. The molecule has 4 rings (SSSR count). The van der Waals surface area contributed by atoms with Crippen molar-refractivity contribution in [2.45, 2.75) is 31.3 Å². The quantitative estimate of drug-likeness (QED) is 0.302. The zero-order valence-electron chi connectivity index (χ0n) is 15.5. The smallest absolute Gasteiger partial charge is 0.282 e. The maximum absolute atomic E-state index is 14.0. The molecule has 0 aliphatic rings. The fourth-order valence-corrected chi connectivity index (χ4v) is 4.16. The second-order valence-electron chi connectivity index (χ2n) is 6.30. The number of hydrogen-bond acceptors (Lipinski definition) is 4. The van der Waals surface area contributed by atoms with Crippen LogP contribution < -0.4 is 0 Å². The number of pyridine rings is 2. The van der Waals surface area contributed by atoms with Crippen molar-refractivity contribution in [3.05, 3.63) is 41.9 Å². The third kappa shape index (κ3) is 3.18. The van der Waals surface area contributed by atoms with Gasteiger partial charge in [0, 0.05) is 6.20 Å². The molecule has 4 aromatic heterocycles. The van der Waals surface area contributed by atoms with E-state index in [1.165, 1.54) is 25.3 Å². The van der Waals surface area contributed by atoms with Gasteiger partial charge in [-0.3, -0.25) is 9.38 Å². The standard InChI is InChI=1S/C18H13F6N5S/c1-3-30-16-13(27-12-6-4-5-11(28(12)16)17(19,20)21)15-26-10-7-8-25-9(2)14(10)29(15)18(22,23)24/h4-8H,3H2,1-2H3. The molecule has 158 valence electrons. The number of fused-ring (bicyclic) bond motifs is 2. The maximum Gasteiger partial charge on any atom is 0.490 e. The zero-order valence-corrected chi connectivity index (χ0v) is 16.3. The monoisotopic (exact) mass is 445 g/mol. The summed E-state index contributed by atoms with van der Waals surface area (Å²) in [7, 11) is 0. The molecule has 0 aromatic carbocycles. The molecule has 0 spiro atoms. The van der Waals surface area contributed by atoms with E-state index in [9.17, 15) is 26.3 Å². The molecule has 12 heteroatoms. The summed E-state index contributed by atoms with van der Waals surface area (Å²) in [6.07, 6.45) is -8.28. The van der Waals surface area contributed by atoms with Crippen molar-refractivity contribution in [1.29, 1.82) is 0 Å². The summed E-state index contributed by atoms with van der Waals surface area (Å²) < 4.78 is 83.5. The van der Waals surface area contributed by atoms with Gasteiger partial charge in [0.15, 0.2) is 5.82 Å². The first-order valence-electron chi connectivity index (χ1n) is 8.67. The summed E-state index contributed by atoms with van der Waals surface area (Å²) in [5, 5.41) is -0.0631. The van der Waals surface area contributed by atoms with Gasteiger partial charge in [-0.15, -0.1) is 24.9 Å². The summed E-state index contributed by atoms with van der Waals surface area (Å²) in [6, 6.07) is 4.65. The summed E-state index contributed by atoms with van der Waals surface area (Å²) in [5.41, 5.74) is -1.57. The minimum Gasteiger partial charge on any atom is -0.282 e. The predicted octanol–water partition coefficient (Wildman–Crippen LogP) is 5.66. The number of aromatic nitrogens is 5. The average Bonchev–Trinajstić information content (AvgIpc) is 3.20. The Labute approximate surface area is 169 Å². The van der Waals surface area contributed by atoms with E-state index in [4.69, 9.17) is 0 Å². The molecule has 0 aliphatic heterocycles. The van der Waals surface area contributed by atoms with Gasteiger partial charge in [-0.25, -0.2) is 14.5 Å². The molecular weight excluding hydrogens is 432 g/mol. The van der Waals surface area contributed by atoms with Crippen LogP contribution in [0.5, 0.6) is 0 Å². The van der Waals surface area contributed by atoms with Crippen LogP contribution in [-0.2, 0) is 12.5 Å². The molecule has 0 saturated heterocycles. The highest BCUT2D eigenvalue weighted by atomic mass is 32.2. The molecule has 0 saturated carbocycles. The maximum atomic E-state index is 14.0. The van der Waals surface area contributed by atoms with E-state index < -0.39 is 24.0 Å². The minimum absolute atomic E-state index is 0.0235. The molecule has 30 heavy (non-hydrogen) atoms. The Morgan fingerprint density at radius 2 is 1.77 bits per heavy atom. The fourth-order valence-electron chi connectivity index (χ4n) is 3.29. The van der Waals surface area contributed by atoms with Crippen molar-refractivity contribution in [2.24, 2.45) is 0 Å². The van der Waals surface area contributed by atoms with Gasteiger partial charge >= 0.3 is 12.5 Å². The third-order valence-corrected chi connectivity index (χ3v) is 5.32. The number of aryl methyl sites for hydroxylation is 1. The lowest BCUT2D eigenvalue weighted by molar-refractivity contribution is -0.199. The molecule has 0 radical (unpaired) electrons. The van der Waals surface area contributed by atoms with Gasteiger partial charge in [0.25, 0.3) is 0 Å². The van der Waals surface area contributed by atoms with Crippen molar-refractivity contribution < 1.29 is 26.3 Å². The number of alkyl halides is 6. The summed E-state index contributed by atoms with van der Waals surface area (Å²) in [5.74, 6) is -0.263. The van der Waals surface area contributed by atoms with Crippen LogP contribution in [0.25, 0.3) is 28.2 Å². The SMILES string of the molecule is CCSc1c(-c2nc3ccnc(C)c3n2C(F)(F)F)nc2cccc(C(F)(F)F)n12. The summed E-state index contributed by atoms with van der Waals surface area (Å²) in [4.78, 5) is 12.1.